The largest absolute Gasteiger partial charge is 0.491 e. The first kappa shape index (κ1) is 23.5. The zero-order chi connectivity index (χ0) is 24.1. The highest BCUT2D eigenvalue weighted by Crippen LogP contribution is 2.32. The summed E-state index contributed by atoms with van der Waals surface area (Å²) in [6.45, 7) is 3.59. The van der Waals surface area contributed by atoms with Gasteiger partial charge < -0.3 is 24.4 Å². The lowest BCUT2D eigenvalue weighted by Gasteiger charge is -2.30. The van der Waals surface area contributed by atoms with Gasteiger partial charge in [-0.3, -0.25) is 14.7 Å². The van der Waals surface area contributed by atoms with Gasteiger partial charge >= 0.3 is 0 Å². The molecular weight excluding hydrogens is 462 g/mol. The summed E-state index contributed by atoms with van der Waals surface area (Å²) in [6, 6.07) is 7.90. The van der Waals surface area contributed by atoms with E-state index in [1.54, 1.807) is 30.2 Å². The second-order valence-corrected chi connectivity index (χ2v) is 8.14. The predicted octanol–water partition coefficient (Wildman–Crippen LogP) is 3.76. The van der Waals surface area contributed by atoms with Crippen LogP contribution in [0.3, 0.4) is 0 Å². The Morgan fingerprint density at radius 2 is 2.00 bits per heavy atom. The molecule has 2 amide bonds. The lowest BCUT2D eigenvalue weighted by Crippen LogP contribution is -2.42. The van der Waals surface area contributed by atoms with Crippen LogP contribution in [0, 0.1) is 0 Å². The van der Waals surface area contributed by atoms with Crippen LogP contribution in [0.15, 0.2) is 42.7 Å². The number of methoxy groups -OCH3 is 1. The number of rotatable bonds is 9. The summed E-state index contributed by atoms with van der Waals surface area (Å²) in [4.78, 5) is 31.1. The van der Waals surface area contributed by atoms with Crippen LogP contribution in [0.2, 0.25) is 5.02 Å². The van der Waals surface area contributed by atoms with Crippen molar-refractivity contribution < 1.29 is 23.8 Å². The molecule has 178 valence electrons. The van der Waals surface area contributed by atoms with E-state index in [1.165, 1.54) is 24.5 Å². The number of likely N-dealkylation sites (tertiary alicyclic amines) is 1. The number of nitrogens with one attached hydrogen (secondary N) is 2. The van der Waals surface area contributed by atoms with Crippen molar-refractivity contribution >= 4 is 29.2 Å². The van der Waals surface area contributed by atoms with Crippen LogP contribution in [0.25, 0.3) is 0 Å². The number of nitrogens with zero attached hydrogens (tertiary/aromatic N) is 3. The zero-order valence-electron chi connectivity index (χ0n) is 18.7. The Hall–Kier alpha value is -3.63. The third kappa shape index (κ3) is 5.64. The molecule has 34 heavy (non-hydrogen) atoms. The molecule has 2 N–H and O–H groups in total. The Balaban J connectivity index is 1.56. The van der Waals surface area contributed by atoms with Gasteiger partial charge in [-0.05, 0) is 31.5 Å². The maximum absolute atomic E-state index is 12.8. The van der Waals surface area contributed by atoms with Crippen LogP contribution < -0.4 is 14.8 Å². The molecule has 3 aromatic rings. The van der Waals surface area contributed by atoms with E-state index >= 15 is 0 Å². The lowest BCUT2D eigenvalue weighted by molar-refractivity contribution is 0.0651. The number of benzene rings is 1. The van der Waals surface area contributed by atoms with Gasteiger partial charge in [-0.2, -0.15) is 5.10 Å². The Morgan fingerprint density at radius 1 is 1.21 bits per heavy atom. The molecule has 2 aromatic heterocycles. The van der Waals surface area contributed by atoms with Crippen LogP contribution in [0.4, 0.5) is 5.82 Å². The first-order chi connectivity index (χ1) is 16.4. The minimum Gasteiger partial charge on any atom is -0.491 e. The highest BCUT2D eigenvalue weighted by molar-refractivity contribution is 6.32. The molecule has 1 saturated heterocycles. The number of H-pyrrole nitrogens is 1. The quantitative estimate of drug-likeness (QED) is 0.473. The summed E-state index contributed by atoms with van der Waals surface area (Å²) >= 11 is 6.35. The van der Waals surface area contributed by atoms with E-state index < -0.39 is 5.91 Å². The first-order valence-electron chi connectivity index (χ1n) is 10.7. The van der Waals surface area contributed by atoms with E-state index in [1.807, 2.05) is 6.92 Å². The summed E-state index contributed by atoms with van der Waals surface area (Å²) in [5, 5.41) is 9.37. The number of ether oxygens (including phenoxy) is 3. The summed E-state index contributed by atoms with van der Waals surface area (Å²) in [5.74, 6) is 0.718. The molecule has 1 fully saturated rings. The second-order valence-electron chi connectivity index (χ2n) is 7.73. The normalized spacial score (nSPS) is 13.7. The molecule has 0 aliphatic carbocycles. The van der Waals surface area contributed by atoms with Crippen molar-refractivity contribution in [3.05, 3.63) is 58.9 Å². The molecule has 11 heteroatoms. The van der Waals surface area contributed by atoms with E-state index in [0.717, 1.165) is 19.5 Å². The van der Waals surface area contributed by atoms with E-state index in [4.69, 9.17) is 25.8 Å². The second kappa shape index (κ2) is 10.5. The van der Waals surface area contributed by atoms with Gasteiger partial charge in [0.2, 0.25) is 5.88 Å². The smallest absolute Gasteiger partial charge is 0.257 e. The lowest BCUT2D eigenvalue weighted by atomic mass is 10.1. The molecule has 1 unspecified atom stereocenters. The van der Waals surface area contributed by atoms with Gasteiger partial charge in [-0.25, -0.2) is 4.98 Å². The van der Waals surface area contributed by atoms with Crippen molar-refractivity contribution in [3.8, 4) is 17.4 Å². The third-order valence-electron chi connectivity index (χ3n) is 5.19. The Kier molecular flexibility index (Phi) is 7.29. The molecule has 10 nitrogen and oxygen atoms in total. The van der Waals surface area contributed by atoms with Gasteiger partial charge in [-0.1, -0.05) is 11.6 Å². The molecule has 4 rings (SSSR count). The first-order valence-corrected chi connectivity index (χ1v) is 11.0. The number of anilines is 1. The van der Waals surface area contributed by atoms with Gasteiger partial charge in [0.15, 0.2) is 0 Å². The summed E-state index contributed by atoms with van der Waals surface area (Å²) < 4.78 is 16.9. The van der Waals surface area contributed by atoms with Gasteiger partial charge in [-0.15, -0.1) is 0 Å². The van der Waals surface area contributed by atoms with E-state index in [9.17, 15) is 9.59 Å². The molecule has 1 aliphatic rings. The average Bonchev–Trinajstić information content (AvgIpc) is 3.30. The van der Waals surface area contributed by atoms with E-state index in [-0.39, 0.29) is 40.8 Å². The average molecular weight is 486 g/mol. The van der Waals surface area contributed by atoms with Crippen molar-refractivity contribution in [2.75, 3.05) is 32.1 Å². The van der Waals surface area contributed by atoms with Gasteiger partial charge in [0.1, 0.15) is 28.9 Å². The summed E-state index contributed by atoms with van der Waals surface area (Å²) in [7, 11) is 1.58. The third-order valence-corrected chi connectivity index (χ3v) is 5.46. The maximum atomic E-state index is 12.8. The van der Waals surface area contributed by atoms with Crippen LogP contribution in [0.1, 0.15) is 34.1 Å². The van der Waals surface area contributed by atoms with Crippen LogP contribution in [0.5, 0.6) is 17.4 Å². The number of aromatic amines is 1. The van der Waals surface area contributed by atoms with Gasteiger partial charge in [0.05, 0.1) is 17.9 Å². The SMILES string of the molecule is COC(C)COc1cc(Oc2ncc(C(=O)N3CCC3)cc2Cl)cc(C(=O)Nc2ccn[nH]2)c1. The highest BCUT2D eigenvalue weighted by atomic mass is 35.5. The Bertz CT molecular complexity index is 1170. The number of halogens is 1. The molecule has 0 spiro atoms. The molecule has 1 aliphatic heterocycles. The van der Waals surface area contributed by atoms with Crippen molar-refractivity contribution in [1.29, 1.82) is 0 Å². The van der Waals surface area contributed by atoms with Crippen LogP contribution in [-0.4, -0.2) is 64.8 Å². The molecule has 3 heterocycles. The number of pyridine rings is 1. The van der Waals surface area contributed by atoms with Crippen LogP contribution in [-0.2, 0) is 4.74 Å². The monoisotopic (exact) mass is 485 g/mol. The molecule has 0 saturated carbocycles. The fourth-order valence-electron chi connectivity index (χ4n) is 3.08. The van der Waals surface area contributed by atoms with E-state index in [2.05, 4.69) is 20.5 Å². The van der Waals surface area contributed by atoms with Crippen LogP contribution >= 0.6 is 11.6 Å². The standard InChI is InChI=1S/C23H24ClN5O5/c1-14(32-2)13-33-17-8-15(21(30)27-20-4-5-26-28-20)9-18(11-17)34-22-19(24)10-16(12-25-22)23(31)29-6-3-7-29/h4-5,8-12,14H,3,6-7,13H2,1-2H3,(H2,26,27,28,30). The Labute approximate surface area is 201 Å². The number of amides is 2. The number of hydrogen-bond acceptors (Lipinski definition) is 7. The zero-order valence-corrected chi connectivity index (χ0v) is 19.5. The highest BCUT2D eigenvalue weighted by Gasteiger charge is 2.23. The van der Waals surface area contributed by atoms with Crippen molar-refractivity contribution in [3.63, 3.8) is 0 Å². The topological polar surface area (TPSA) is 119 Å². The van der Waals surface area contributed by atoms with Gasteiger partial charge in [0, 0.05) is 44.1 Å². The van der Waals surface area contributed by atoms with Crippen molar-refractivity contribution in [1.82, 2.24) is 20.1 Å². The summed E-state index contributed by atoms with van der Waals surface area (Å²) in [5.41, 5.74) is 0.676. The molecule has 1 atom stereocenters. The van der Waals surface area contributed by atoms with Crippen molar-refractivity contribution in [2.24, 2.45) is 0 Å². The van der Waals surface area contributed by atoms with E-state index in [0.29, 0.717) is 17.1 Å². The predicted molar refractivity (Wildman–Crippen MR) is 125 cm³/mol. The number of aromatic nitrogens is 3. The fourth-order valence-corrected chi connectivity index (χ4v) is 3.28. The van der Waals surface area contributed by atoms with Crippen molar-refractivity contribution in [2.45, 2.75) is 19.4 Å². The number of hydrogen-bond donors (Lipinski definition) is 2. The summed E-state index contributed by atoms with van der Waals surface area (Å²) in [6.07, 6.45) is 3.79. The van der Waals surface area contributed by atoms with Gasteiger partial charge in [0.25, 0.3) is 11.8 Å². The number of carbonyl (C=O) groups excluding carboxylic acids is 2. The number of carbonyl (C=O) groups is 2. The molecule has 0 radical (unpaired) electrons. The molecular formula is C23H24ClN5O5. The molecule has 0 bridgehead atoms. The minimum atomic E-state index is -0.395. The molecule has 1 aromatic carbocycles. The Morgan fingerprint density at radius 3 is 2.65 bits per heavy atom. The fraction of sp³-hybridized carbons (Fsp3) is 0.304. The minimum absolute atomic E-state index is 0.101. The maximum Gasteiger partial charge on any atom is 0.257 e.